The molecule has 0 fully saturated rings. The second-order valence-corrected chi connectivity index (χ2v) is 12.7. The highest BCUT2D eigenvalue weighted by molar-refractivity contribution is 8.00. The van der Waals surface area contributed by atoms with Crippen LogP contribution in [0.5, 0.6) is 0 Å². The molecule has 1 unspecified atom stereocenters. The molecule has 1 aromatic carbocycles. The van der Waals surface area contributed by atoms with Crippen molar-refractivity contribution in [2.75, 3.05) is 24.5 Å². The minimum atomic E-state index is -0.858. The van der Waals surface area contributed by atoms with Gasteiger partial charge in [0.1, 0.15) is 5.25 Å². The second kappa shape index (κ2) is 14.9. The fourth-order valence-electron chi connectivity index (χ4n) is 4.88. The molecule has 0 saturated heterocycles. The van der Waals surface area contributed by atoms with Crippen LogP contribution in [0.1, 0.15) is 73.6 Å². The van der Waals surface area contributed by atoms with Crippen LogP contribution < -0.4 is 21.3 Å². The van der Waals surface area contributed by atoms with E-state index in [0.29, 0.717) is 26.1 Å². The molecule has 4 atom stereocenters. The fourth-order valence-corrected chi connectivity index (χ4v) is 6.06. The fraction of sp³-hybridized carbons (Fsp3) is 0.690. The number of rotatable bonds is 14. The van der Waals surface area contributed by atoms with Crippen molar-refractivity contribution in [1.82, 2.24) is 10.6 Å². The van der Waals surface area contributed by atoms with Gasteiger partial charge in [-0.2, -0.15) is 0 Å². The van der Waals surface area contributed by atoms with E-state index in [-0.39, 0.29) is 47.6 Å². The van der Waals surface area contributed by atoms with Crippen LogP contribution in [0.2, 0.25) is 0 Å². The Bertz CT molecular complexity index is 939. The van der Waals surface area contributed by atoms with E-state index in [4.69, 9.17) is 5.73 Å². The van der Waals surface area contributed by atoms with Crippen LogP contribution in [0, 0.1) is 17.3 Å². The van der Waals surface area contributed by atoms with Gasteiger partial charge in [-0.3, -0.25) is 14.4 Å². The molecule has 3 amide bonds. The zero-order valence-corrected chi connectivity index (χ0v) is 24.8. The molecule has 5 N–H and O–H groups in total. The number of thioether (sulfide) groups is 1. The Morgan fingerprint density at radius 2 is 1.87 bits per heavy atom. The maximum atomic E-state index is 13.6. The molecule has 1 aliphatic heterocycles. The Labute approximate surface area is 232 Å². The van der Waals surface area contributed by atoms with Crippen LogP contribution in [0.25, 0.3) is 0 Å². The number of carbonyl (C=O) groups is 3. The van der Waals surface area contributed by atoms with E-state index < -0.39 is 17.6 Å². The highest BCUT2D eigenvalue weighted by Gasteiger charge is 2.36. The Morgan fingerprint density at radius 1 is 1.18 bits per heavy atom. The highest BCUT2D eigenvalue weighted by Crippen LogP contribution is 2.40. The van der Waals surface area contributed by atoms with Gasteiger partial charge >= 0.3 is 0 Å². The van der Waals surface area contributed by atoms with Gasteiger partial charge in [-0.05, 0) is 49.7 Å². The summed E-state index contributed by atoms with van der Waals surface area (Å²) >= 11 is 1.48. The molecule has 0 aromatic heterocycles. The van der Waals surface area contributed by atoms with Crippen LogP contribution in [-0.2, 0) is 14.4 Å². The maximum absolute atomic E-state index is 13.6. The first-order valence-electron chi connectivity index (χ1n) is 13.9. The molecule has 214 valence electrons. The van der Waals surface area contributed by atoms with Crippen molar-refractivity contribution in [3.05, 3.63) is 24.3 Å². The molecule has 1 heterocycles. The van der Waals surface area contributed by atoms with Crippen molar-refractivity contribution in [3.63, 3.8) is 0 Å². The number of hydrogen-bond acceptors (Lipinski definition) is 6. The number of hydrogen-bond donors (Lipinski definition) is 4. The molecule has 1 aromatic rings. The number of fused-ring (bicyclic) bond motifs is 1. The van der Waals surface area contributed by atoms with Gasteiger partial charge < -0.3 is 26.4 Å². The largest absolute Gasteiger partial charge is 0.391 e. The Morgan fingerprint density at radius 3 is 2.50 bits per heavy atom. The summed E-state index contributed by atoms with van der Waals surface area (Å²) in [6, 6.07) is 7.08. The number of carbonyl (C=O) groups excluding carboxylic acids is 3. The summed E-state index contributed by atoms with van der Waals surface area (Å²) in [6.07, 6.45) is 1.99. The predicted octanol–water partition coefficient (Wildman–Crippen LogP) is 3.70. The predicted molar refractivity (Wildman–Crippen MR) is 155 cm³/mol. The average Bonchev–Trinajstić information content (AvgIpc) is 2.85. The average molecular weight is 549 g/mol. The number of amides is 3. The smallest absolute Gasteiger partial charge is 0.235 e. The van der Waals surface area contributed by atoms with E-state index >= 15 is 0 Å². The molecule has 38 heavy (non-hydrogen) atoms. The molecule has 2 rings (SSSR count). The zero-order chi connectivity index (χ0) is 28.5. The van der Waals surface area contributed by atoms with Crippen molar-refractivity contribution in [3.8, 4) is 0 Å². The van der Waals surface area contributed by atoms with Gasteiger partial charge in [0, 0.05) is 42.9 Å². The molecule has 9 heteroatoms. The van der Waals surface area contributed by atoms with Crippen molar-refractivity contribution >= 4 is 35.2 Å². The number of nitrogens with zero attached hydrogens (tertiary/aromatic N) is 1. The maximum Gasteiger partial charge on any atom is 0.235 e. The first-order chi connectivity index (χ1) is 17.9. The van der Waals surface area contributed by atoms with Gasteiger partial charge in [-0.15, -0.1) is 11.8 Å². The summed E-state index contributed by atoms with van der Waals surface area (Å²) < 4.78 is 0. The van der Waals surface area contributed by atoms with Gasteiger partial charge in [-0.1, -0.05) is 53.2 Å². The Hall–Kier alpha value is -2.10. The molecule has 0 bridgehead atoms. The lowest BCUT2D eigenvalue weighted by atomic mass is 9.79. The molecular weight excluding hydrogens is 500 g/mol. The van der Waals surface area contributed by atoms with E-state index in [1.54, 1.807) is 4.90 Å². The molecule has 1 aliphatic rings. The minimum Gasteiger partial charge on any atom is -0.391 e. The number of nitrogens with two attached hydrogens (primary N) is 1. The summed E-state index contributed by atoms with van der Waals surface area (Å²) in [7, 11) is 0. The molecule has 0 saturated carbocycles. The number of nitrogens with one attached hydrogen (secondary N) is 2. The van der Waals surface area contributed by atoms with Crippen LogP contribution in [-0.4, -0.2) is 59.9 Å². The van der Waals surface area contributed by atoms with Crippen LogP contribution >= 0.6 is 11.8 Å². The number of anilines is 1. The SMILES string of the molecule is CCCCNC(=O)[C@@H](C[C@H](O)[C@@H](N)CC(C)(C)CC(=O)N1CC(C(=O)NCC)Sc2ccccc21)C(C)C. The lowest BCUT2D eigenvalue weighted by Crippen LogP contribution is -2.47. The van der Waals surface area contributed by atoms with E-state index in [9.17, 15) is 19.5 Å². The summed E-state index contributed by atoms with van der Waals surface area (Å²) in [6.45, 7) is 13.3. The van der Waals surface area contributed by atoms with E-state index in [0.717, 1.165) is 23.4 Å². The summed E-state index contributed by atoms with van der Waals surface area (Å²) in [4.78, 5) is 41.5. The van der Waals surface area contributed by atoms with Crippen molar-refractivity contribution in [2.24, 2.45) is 23.0 Å². The zero-order valence-electron chi connectivity index (χ0n) is 24.0. The minimum absolute atomic E-state index is 0.0440. The quantitative estimate of drug-likeness (QED) is 0.263. The van der Waals surface area contributed by atoms with Crippen molar-refractivity contribution in [1.29, 1.82) is 0 Å². The van der Waals surface area contributed by atoms with Gasteiger partial charge in [0.15, 0.2) is 0 Å². The first kappa shape index (κ1) is 32.1. The van der Waals surface area contributed by atoms with Gasteiger partial charge in [0.05, 0.1) is 11.8 Å². The van der Waals surface area contributed by atoms with Crippen LogP contribution in [0.3, 0.4) is 0 Å². The molecule has 0 radical (unpaired) electrons. The number of aliphatic hydroxyl groups excluding tert-OH is 1. The topological polar surface area (TPSA) is 125 Å². The molecule has 8 nitrogen and oxygen atoms in total. The van der Waals surface area contributed by atoms with Crippen molar-refractivity contribution in [2.45, 2.75) is 95.9 Å². The first-order valence-corrected chi connectivity index (χ1v) is 14.8. The number of benzene rings is 1. The van der Waals surface area contributed by atoms with Gasteiger partial charge in [-0.25, -0.2) is 0 Å². The number of aliphatic hydroxyl groups is 1. The third kappa shape index (κ3) is 9.27. The summed E-state index contributed by atoms with van der Waals surface area (Å²) in [5.41, 5.74) is 6.76. The monoisotopic (exact) mass is 548 g/mol. The van der Waals surface area contributed by atoms with Crippen LogP contribution in [0.15, 0.2) is 29.2 Å². The number of unbranched alkanes of at least 4 members (excludes halogenated alkanes) is 1. The normalized spacial score (nSPS) is 17.9. The van der Waals surface area contributed by atoms with Crippen molar-refractivity contribution < 1.29 is 19.5 Å². The lowest BCUT2D eigenvalue weighted by Gasteiger charge is -2.36. The third-order valence-electron chi connectivity index (χ3n) is 7.10. The number of para-hydroxylation sites is 1. The van der Waals surface area contributed by atoms with Gasteiger partial charge in [0.2, 0.25) is 17.7 Å². The molecule has 0 aliphatic carbocycles. The summed E-state index contributed by atoms with van der Waals surface area (Å²) in [5.74, 6) is -0.451. The molecule has 0 spiro atoms. The van der Waals surface area contributed by atoms with Crippen LogP contribution in [0.4, 0.5) is 5.69 Å². The Balaban J connectivity index is 2.05. The Kier molecular flexibility index (Phi) is 12.6. The van der Waals surface area contributed by atoms with Gasteiger partial charge in [0.25, 0.3) is 0 Å². The standard InChI is InChI=1S/C29H48N4O4S/c1-7-9-14-32-27(36)20(19(3)4)15-23(34)21(30)16-29(5,6)17-26(35)33-18-25(28(37)31-8-2)38-24-13-11-10-12-22(24)33/h10-13,19-21,23,25,34H,7-9,14-18,30H2,1-6H3,(H,31,37)(H,32,36)/t20-,21-,23-,25?/m0/s1. The lowest BCUT2D eigenvalue weighted by molar-refractivity contribution is -0.127. The van der Waals surface area contributed by atoms with E-state index in [1.165, 1.54) is 11.8 Å². The summed E-state index contributed by atoms with van der Waals surface area (Å²) in [5, 5.41) is 16.4. The van der Waals surface area contributed by atoms with E-state index in [1.807, 2.05) is 58.9 Å². The molecular formula is C29H48N4O4S. The highest BCUT2D eigenvalue weighted by atomic mass is 32.2. The second-order valence-electron chi connectivity index (χ2n) is 11.5. The third-order valence-corrected chi connectivity index (χ3v) is 8.34. The van der Waals surface area contributed by atoms with E-state index in [2.05, 4.69) is 17.6 Å².